The van der Waals surface area contributed by atoms with E-state index in [1.54, 1.807) is 0 Å². The average Bonchev–Trinajstić information content (AvgIpc) is 3.37. The maximum absolute atomic E-state index is 14.9. The van der Waals surface area contributed by atoms with Crippen LogP contribution < -0.4 is 10.9 Å². The first-order valence-corrected chi connectivity index (χ1v) is 10.6. The Morgan fingerprint density at radius 3 is 2.71 bits per heavy atom. The van der Waals surface area contributed by atoms with Crippen molar-refractivity contribution in [2.24, 2.45) is 17.8 Å². The number of nitrogens with one attached hydrogen (secondary N) is 2. The molecule has 4 atom stereocenters. The van der Waals surface area contributed by atoms with E-state index in [2.05, 4.69) is 10.3 Å². The smallest absolute Gasteiger partial charge is 0.256 e. The highest BCUT2D eigenvalue weighted by molar-refractivity contribution is 6.05. The molecule has 158 valence electrons. The van der Waals surface area contributed by atoms with Crippen LogP contribution in [-0.4, -0.2) is 16.9 Å². The molecule has 2 bridgehead atoms. The van der Waals surface area contributed by atoms with Crippen LogP contribution in [0.2, 0.25) is 0 Å². The van der Waals surface area contributed by atoms with Gasteiger partial charge in [0.2, 0.25) is 5.91 Å². The van der Waals surface area contributed by atoms with Gasteiger partial charge < -0.3 is 10.3 Å². The predicted molar refractivity (Wildman–Crippen MR) is 112 cm³/mol. The lowest BCUT2D eigenvalue weighted by molar-refractivity contribution is -0.126. The molecule has 0 aliphatic heterocycles. The summed E-state index contributed by atoms with van der Waals surface area (Å²) in [6, 6.07) is 7.77. The molecule has 0 radical (unpaired) electrons. The van der Waals surface area contributed by atoms with Gasteiger partial charge in [-0.2, -0.15) is 5.26 Å². The van der Waals surface area contributed by atoms with E-state index in [1.165, 1.54) is 36.8 Å². The summed E-state index contributed by atoms with van der Waals surface area (Å²) in [5.41, 5.74) is 0.00538. The number of nitrogens with zero attached hydrogens (tertiary/aromatic N) is 1. The van der Waals surface area contributed by atoms with Crippen molar-refractivity contribution < 1.29 is 13.6 Å². The van der Waals surface area contributed by atoms with Gasteiger partial charge in [0.1, 0.15) is 17.7 Å². The number of hydrogen-bond donors (Lipinski definition) is 2. The van der Waals surface area contributed by atoms with Gasteiger partial charge in [0.05, 0.1) is 11.6 Å². The highest BCUT2D eigenvalue weighted by Gasteiger charge is 2.43. The molecular formula is C24H21F2N3O2. The molecule has 1 heterocycles. The molecule has 2 aliphatic carbocycles. The molecule has 0 spiro atoms. The summed E-state index contributed by atoms with van der Waals surface area (Å²) >= 11 is 0. The van der Waals surface area contributed by atoms with E-state index in [0.29, 0.717) is 22.6 Å². The number of hydrogen-bond acceptors (Lipinski definition) is 3. The first kappa shape index (κ1) is 19.7. The lowest BCUT2D eigenvalue weighted by Crippen LogP contribution is -2.41. The minimum Gasteiger partial charge on any atom is -0.340 e. The maximum Gasteiger partial charge on any atom is 0.256 e. The van der Waals surface area contributed by atoms with E-state index in [1.807, 2.05) is 6.07 Å². The van der Waals surface area contributed by atoms with Gasteiger partial charge in [-0.1, -0.05) is 6.42 Å². The van der Waals surface area contributed by atoms with Crippen LogP contribution in [0.1, 0.15) is 31.2 Å². The Balaban J connectivity index is 1.43. The second kappa shape index (κ2) is 7.45. The van der Waals surface area contributed by atoms with Gasteiger partial charge in [-0.15, -0.1) is 0 Å². The van der Waals surface area contributed by atoms with E-state index in [0.717, 1.165) is 19.3 Å². The number of rotatable bonds is 4. The third kappa shape index (κ3) is 3.46. The Morgan fingerprint density at radius 2 is 2.00 bits per heavy atom. The number of aromatic amines is 1. The van der Waals surface area contributed by atoms with Crippen molar-refractivity contribution in [3.63, 3.8) is 0 Å². The summed E-state index contributed by atoms with van der Waals surface area (Å²) in [4.78, 5) is 27.8. The van der Waals surface area contributed by atoms with Crippen molar-refractivity contribution in [2.75, 3.05) is 0 Å². The third-order valence-corrected chi connectivity index (χ3v) is 6.92. The molecule has 2 aliphatic rings. The van der Waals surface area contributed by atoms with Crippen molar-refractivity contribution in [1.29, 1.82) is 5.26 Å². The van der Waals surface area contributed by atoms with Crippen molar-refractivity contribution in [3.05, 3.63) is 57.9 Å². The molecular weight excluding hydrogens is 400 g/mol. The number of amides is 1. The maximum atomic E-state index is 14.9. The first-order chi connectivity index (χ1) is 14.9. The summed E-state index contributed by atoms with van der Waals surface area (Å²) < 4.78 is 28.4. The number of halogens is 2. The van der Waals surface area contributed by atoms with E-state index in [-0.39, 0.29) is 34.7 Å². The van der Waals surface area contributed by atoms with E-state index in [9.17, 15) is 23.6 Å². The third-order valence-electron chi connectivity index (χ3n) is 6.92. The Morgan fingerprint density at radius 1 is 1.16 bits per heavy atom. The molecule has 2 aromatic carbocycles. The van der Waals surface area contributed by atoms with Crippen molar-refractivity contribution in [2.45, 2.75) is 38.1 Å². The first-order valence-electron chi connectivity index (χ1n) is 10.6. The van der Waals surface area contributed by atoms with Crippen molar-refractivity contribution >= 4 is 27.6 Å². The van der Waals surface area contributed by atoms with Gasteiger partial charge in [-0.3, -0.25) is 9.59 Å². The number of nitriles is 1. The normalized spacial score (nSPS) is 23.2. The van der Waals surface area contributed by atoms with Crippen LogP contribution >= 0.6 is 0 Å². The standard InChI is InChI=1S/C24H21F2N3O2/c25-15-3-4-17-19-10-21(26)14(8-20(19)24(31)29-22(17)9-15)7-16(11-27)28-23(30)18-6-12-1-2-13(18)5-12/h3-4,8-10,12-13,16,18H,1-2,5-7H2,(H,28,30)(H,29,31)/t12-,13+,16?,18+/m1/s1. The molecule has 2 N–H and O–H groups in total. The van der Waals surface area contributed by atoms with Crippen LogP contribution in [0.4, 0.5) is 8.78 Å². The summed E-state index contributed by atoms with van der Waals surface area (Å²) in [5, 5.41) is 13.5. The van der Waals surface area contributed by atoms with Gasteiger partial charge in [0.15, 0.2) is 0 Å². The Hall–Kier alpha value is -3.27. The van der Waals surface area contributed by atoms with Crippen molar-refractivity contribution in [1.82, 2.24) is 10.3 Å². The predicted octanol–water partition coefficient (Wildman–Crippen LogP) is 3.95. The zero-order chi connectivity index (χ0) is 21.7. The minimum absolute atomic E-state index is 0.0360. The minimum atomic E-state index is -0.882. The highest BCUT2D eigenvalue weighted by atomic mass is 19.1. The number of fused-ring (bicyclic) bond motifs is 5. The van der Waals surface area contributed by atoms with Crippen molar-refractivity contribution in [3.8, 4) is 6.07 Å². The molecule has 2 fully saturated rings. The molecule has 7 heteroatoms. The summed E-state index contributed by atoms with van der Waals surface area (Å²) in [6.07, 6.45) is 4.14. The quantitative estimate of drug-likeness (QED) is 0.626. The molecule has 3 aromatic rings. The lowest BCUT2D eigenvalue weighted by atomic mass is 9.88. The fourth-order valence-corrected chi connectivity index (χ4v) is 5.42. The fraction of sp³-hybridized carbons (Fsp3) is 0.375. The number of H-pyrrole nitrogens is 1. The molecule has 0 saturated heterocycles. The van der Waals surface area contributed by atoms with E-state index in [4.69, 9.17) is 0 Å². The van der Waals surface area contributed by atoms with Crippen LogP contribution in [0.5, 0.6) is 0 Å². The molecule has 5 rings (SSSR count). The van der Waals surface area contributed by atoms with Crippen LogP contribution in [-0.2, 0) is 11.2 Å². The zero-order valence-electron chi connectivity index (χ0n) is 16.8. The Kier molecular flexibility index (Phi) is 4.73. The van der Waals surface area contributed by atoms with Crippen LogP contribution in [0.25, 0.3) is 21.7 Å². The molecule has 1 amide bonds. The molecule has 5 nitrogen and oxygen atoms in total. The second-order valence-electron chi connectivity index (χ2n) is 8.81. The number of benzene rings is 2. The molecule has 1 aromatic heterocycles. The summed E-state index contributed by atoms with van der Waals surface area (Å²) in [5.74, 6) is -0.273. The number of carbonyl (C=O) groups excluding carboxylic acids is 1. The Bertz CT molecular complexity index is 1310. The van der Waals surface area contributed by atoms with E-state index < -0.39 is 23.2 Å². The molecule has 2 saturated carbocycles. The largest absolute Gasteiger partial charge is 0.340 e. The fourth-order valence-electron chi connectivity index (χ4n) is 5.42. The van der Waals surface area contributed by atoms with Gasteiger partial charge in [-0.05, 0) is 72.4 Å². The summed E-state index contributed by atoms with van der Waals surface area (Å²) in [7, 11) is 0. The van der Waals surface area contributed by atoms with Gasteiger partial charge in [0.25, 0.3) is 5.56 Å². The highest BCUT2D eigenvalue weighted by Crippen LogP contribution is 2.48. The number of aromatic nitrogens is 1. The Labute approximate surface area is 177 Å². The monoisotopic (exact) mass is 421 g/mol. The van der Waals surface area contributed by atoms with Crippen LogP contribution in [0.15, 0.2) is 35.1 Å². The van der Waals surface area contributed by atoms with E-state index >= 15 is 0 Å². The molecule has 31 heavy (non-hydrogen) atoms. The average molecular weight is 421 g/mol. The van der Waals surface area contributed by atoms with Crippen LogP contribution in [0.3, 0.4) is 0 Å². The zero-order valence-corrected chi connectivity index (χ0v) is 16.8. The van der Waals surface area contributed by atoms with Gasteiger partial charge >= 0.3 is 0 Å². The van der Waals surface area contributed by atoms with Crippen LogP contribution in [0, 0.1) is 40.7 Å². The SMILES string of the molecule is N#CC(Cc1cc2c(=O)[nH]c3cc(F)ccc3c2cc1F)NC(=O)[C@H]1C[C@@H]2CC[C@H]1C2. The van der Waals surface area contributed by atoms with Gasteiger partial charge in [-0.25, -0.2) is 8.78 Å². The number of pyridine rings is 1. The summed E-state index contributed by atoms with van der Waals surface area (Å²) in [6.45, 7) is 0. The number of carbonyl (C=O) groups is 1. The molecule has 1 unspecified atom stereocenters. The lowest BCUT2D eigenvalue weighted by Gasteiger charge is -2.22. The topological polar surface area (TPSA) is 85.8 Å². The van der Waals surface area contributed by atoms with Gasteiger partial charge in [0, 0.05) is 23.1 Å². The second-order valence-corrected chi connectivity index (χ2v) is 8.81.